The molecule has 0 atom stereocenters. The molecule has 0 amide bonds. The summed E-state index contributed by atoms with van der Waals surface area (Å²) in [5.41, 5.74) is 3.81. The van der Waals surface area contributed by atoms with Crippen molar-refractivity contribution in [3.05, 3.63) is 47.9 Å². The van der Waals surface area contributed by atoms with Crippen LogP contribution in [0.15, 0.2) is 42.3 Å². The molecule has 1 aliphatic carbocycles. The summed E-state index contributed by atoms with van der Waals surface area (Å²) in [7, 11) is 0. The van der Waals surface area contributed by atoms with E-state index in [1.807, 2.05) is 31.5 Å². The molecule has 1 fully saturated rings. The van der Waals surface area contributed by atoms with Crippen molar-refractivity contribution >= 4 is 39.0 Å². The monoisotopic (exact) mass is 405 g/mol. The van der Waals surface area contributed by atoms with E-state index in [2.05, 4.69) is 31.1 Å². The minimum atomic E-state index is 0.494. The molecule has 8 heteroatoms. The first kappa shape index (κ1) is 18.1. The van der Waals surface area contributed by atoms with Gasteiger partial charge < -0.3 is 10.6 Å². The number of fused-ring (bicyclic) bond motifs is 1. The highest BCUT2D eigenvalue weighted by atomic mass is 32.1. The Balaban J connectivity index is 1.40. The lowest BCUT2D eigenvalue weighted by atomic mass is 9.95. The number of anilines is 3. The van der Waals surface area contributed by atoms with Crippen molar-refractivity contribution < 1.29 is 0 Å². The average molecular weight is 406 g/mol. The predicted octanol–water partition coefficient (Wildman–Crippen LogP) is 5.07. The van der Waals surface area contributed by atoms with Crippen molar-refractivity contribution in [2.45, 2.75) is 45.1 Å². The largest absolute Gasteiger partial charge is 0.366 e. The number of thiophene rings is 1. The number of hydrogen-bond donors (Lipinski definition) is 2. The fourth-order valence-corrected chi connectivity index (χ4v) is 4.56. The van der Waals surface area contributed by atoms with E-state index in [4.69, 9.17) is 4.98 Å². The SMILES string of the molecule is Cc1cncc(-n2cc(Nc3nc(NC4CCCCC4)c4sccc4n3)cn2)c1. The first-order valence-corrected chi connectivity index (χ1v) is 10.9. The summed E-state index contributed by atoms with van der Waals surface area (Å²) in [6, 6.07) is 4.58. The summed E-state index contributed by atoms with van der Waals surface area (Å²) in [4.78, 5) is 13.7. The lowest BCUT2D eigenvalue weighted by molar-refractivity contribution is 0.462. The molecule has 0 saturated heterocycles. The number of nitrogens with one attached hydrogen (secondary N) is 2. The standard InChI is InChI=1S/C21H23N7S/c1-14-9-17(12-22-10-14)28-13-16(11-23-28)25-21-26-18-7-8-29-19(18)20(27-21)24-15-5-3-2-4-6-15/h7-13,15H,2-6H2,1H3,(H2,24,25,26,27). The fraction of sp³-hybridized carbons (Fsp3) is 0.333. The molecule has 4 aromatic rings. The van der Waals surface area contributed by atoms with Crippen LogP contribution in [0.2, 0.25) is 0 Å². The summed E-state index contributed by atoms with van der Waals surface area (Å²) in [5.74, 6) is 1.51. The minimum absolute atomic E-state index is 0.494. The lowest BCUT2D eigenvalue weighted by Gasteiger charge is -2.23. The fourth-order valence-electron chi connectivity index (χ4n) is 3.78. The number of aromatic nitrogens is 5. The maximum absolute atomic E-state index is 4.79. The van der Waals surface area contributed by atoms with Crippen molar-refractivity contribution in [2.24, 2.45) is 0 Å². The van der Waals surface area contributed by atoms with Gasteiger partial charge in [-0.2, -0.15) is 10.1 Å². The Hall–Kier alpha value is -3.00. The zero-order valence-corrected chi connectivity index (χ0v) is 17.1. The maximum Gasteiger partial charge on any atom is 0.229 e. The number of aryl methyl sites for hydroxylation is 1. The van der Waals surface area contributed by atoms with Gasteiger partial charge in [-0.15, -0.1) is 11.3 Å². The van der Waals surface area contributed by atoms with Crippen LogP contribution in [0.4, 0.5) is 17.5 Å². The van der Waals surface area contributed by atoms with E-state index in [0.29, 0.717) is 12.0 Å². The van der Waals surface area contributed by atoms with Crippen LogP contribution in [-0.2, 0) is 0 Å². The molecule has 148 valence electrons. The van der Waals surface area contributed by atoms with Gasteiger partial charge in [-0.1, -0.05) is 19.3 Å². The molecule has 0 unspecified atom stereocenters. The first-order chi connectivity index (χ1) is 14.2. The molecule has 2 N–H and O–H groups in total. The zero-order chi connectivity index (χ0) is 19.6. The van der Waals surface area contributed by atoms with E-state index in [9.17, 15) is 0 Å². The van der Waals surface area contributed by atoms with Gasteiger partial charge in [0.1, 0.15) is 5.82 Å². The van der Waals surface area contributed by atoms with E-state index in [0.717, 1.165) is 33.0 Å². The van der Waals surface area contributed by atoms with E-state index >= 15 is 0 Å². The van der Waals surface area contributed by atoms with Crippen LogP contribution in [-0.4, -0.2) is 30.8 Å². The molecule has 5 rings (SSSR count). The molecular formula is C21H23N7S. The normalized spacial score (nSPS) is 14.9. The molecule has 0 bridgehead atoms. The average Bonchev–Trinajstić information content (AvgIpc) is 3.39. The second kappa shape index (κ2) is 7.79. The molecule has 4 aromatic heterocycles. The van der Waals surface area contributed by atoms with Gasteiger partial charge in [0.25, 0.3) is 0 Å². The van der Waals surface area contributed by atoms with Crippen molar-refractivity contribution in [1.29, 1.82) is 0 Å². The van der Waals surface area contributed by atoms with E-state index in [1.165, 1.54) is 32.1 Å². The number of rotatable bonds is 5. The minimum Gasteiger partial charge on any atom is -0.366 e. The Morgan fingerprint density at radius 3 is 2.86 bits per heavy atom. The van der Waals surface area contributed by atoms with Gasteiger partial charge >= 0.3 is 0 Å². The van der Waals surface area contributed by atoms with Crippen molar-refractivity contribution in [3.63, 3.8) is 0 Å². The van der Waals surface area contributed by atoms with Crippen LogP contribution in [0.25, 0.3) is 15.9 Å². The number of nitrogens with zero attached hydrogens (tertiary/aromatic N) is 5. The number of pyridine rings is 1. The van der Waals surface area contributed by atoms with Crippen LogP contribution in [0, 0.1) is 6.92 Å². The third-order valence-corrected chi connectivity index (χ3v) is 6.12. The second-order valence-corrected chi connectivity index (χ2v) is 8.45. The predicted molar refractivity (Wildman–Crippen MR) is 117 cm³/mol. The first-order valence-electron chi connectivity index (χ1n) is 10.00. The van der Waals surface area contributed by atoms with Crippen LogP contribution in [0.3, 0.4) is 0 Å². The van der Waals surface area contributed by atoms with Crippen molar-refractivity contribution in [1.82, 2.24) is 24.7 Å². The topological polar surface area (TPSA) is 80.5 Å². The summed E-state index contributed by atoms with van der Waals surface area (Å²) < 4.78 is 2.91. The van der Waals surface area contributed by atoms with Crippen LogP contribution in [0.5, 0.6) is 0 Å². The molecule has 0 aliphatic heterocycles. The van der Waals surface area contributed by atoms with Crippen molar-refractivity contribution in [2.75, 3.05) is 10.6 Å². The Morgan fingerprint density at radius 1 is 1.10 bits per heavy atom. The van der Waals surface area contributed by atoms with E-state index in [-0.39, 0.29) is 0 Å². The zero-order valence-electron chi connectivity index (χ0n) is 16.3. The van der Waals surface area contributed by atoms with Gasteiger partial charge in [0.2, 0.25) is 5.95 Å². The Bertz CT molecular complexity index is 1130. The molecule has 4 heterocycles. The van der Waals surface area contributed by atoms with Gasteiger partial charge in [0.15, 0.2) is 0 Å². The van der Waals surface area contributed by atoms with E-state index in [1.54, 1.807) is 28.4 Å². The lowest BCUT2D eigenvalue weighted by Crippen LogP contribution is -2.23. The molecule has 7 nitrogen and oxygen atoms in total. The summed E-state index contributed by atoms with van der Waals surface area (Å²) >= 11 is 1.68. The molecular weight excluding hydrogens is 382 g/mol. The molecule has 0 aromatic carbocycles. The molecule has 0 spiro atoms. The maximum atomic E-state index is 4.79. The third kappa shape index (κ3) is 3.93. The quantitative estimate of drug-likeness (QED) is 0.483. The molecule has 29 heavy (non-hydrogen) atoms. The van der Waals surface area contributed by atoms with E-state index < -0.39 is 0 Å². The van der Waals surface area contributed by atoms with Gasteiger partial charge in [0.05, 0.1) is 40.2 Å². The highest BCUT2D eigenvalue weighted by Crippen LogP contribution is 2.30. The Labute approximate surface area is 173 Å². The molecule has 0 radical (unpaired) electrons. The van der Waals surface area contributed by atoms with Crippen LogP contribution >= 0.6 is 11.3 Å². The highest BCUT2D eigenvalue weighted by Gasteiger charge is 2.17. The van der Waals surface area contributed by atoms with Gasteiger partial charge in [-0.3, -0.25) is 4.98 Å². The smallest absolute Gasteiger partial charge is 0.229 e. The van der Waals surface area contributed by atoms with Crippen molar-refractivity contribution in [3.8, 4) is 5.69 Å². The highest BCUT2D eigenvalue weighted by molar-refractivity contribution is 7.17. The Kier molecular flexibility index (Phi) is 4.85. The van der Waals surface area contributed by atoms with Gasteiger partial charge in [0, 0.05) is 12.2 Å². The summed E-state index contributed by atoms with van der Waals surface area (Å²) in [6.45, 7) is 2.02. The molecule has 1 saturated carbocycles. The second-order valence-electron chi connectivity index (χ2n) is 7.53. The van der Waals surface area contributed by atoms with Crippen LogP contribution < -0.4 is 10.6 Å². The van der Waals surface area contributed by atoms with Gasteiger partial charge in [-0.05, 0) is 42.8 Å². The van der Waals surface area contributed by atoms with Gasteiger partial charge in [-0.25, -0.2) is 9.67 Å². The Morgan fingerprint density at radius 2 is 2.00 bits per heavy atom. The third-order valence-electron chi connectivity index (χ3n) is 5.21. The van der Waals surface area contributed by atoms with Crippen LogP contribution in [0.1, 0.15) is 37.7 Å². The molecule has 1 aliphatic rings. The summed E-state index contributed by atoms with van der Waals surface area (Å²) in [5, 5.41) is 13.5. The number of hydrogen-bond acceptors (Lipinski definition) is 7. The summed E-state index contributed by atoms with van der Waals surface area (Å²) in [6.07, 6.45) is 13.6.